The topological polar surface area (TPSA) is 75.4 Å². The van der Waals surface area contributed by atoms with E-state index < -0.39 is 0 Å². The number of carbonyl (C=O) groups is 2. The molecule has 0 aromatic carbocycles. The van der Waals surface area contributed by atoms with Crippen molar-refractivity contribution in [2.24, 2.45) is 23.0 Å². The summed E-state index contributed by atoms with van der Waals surface area (Å²) in [5.41, 5.74) is 6.30. The van der Waals surface area contributed by atoms with Crippen LogP contribution in [0.5, 0.6) is 0 Å². The second-order valence-corrected chi connectivity index (χ2v) is 8.92. The van der Waals surface area contributed by atoms with Crippen molar-refractivity contribution in [2.45, 2.75) is 57.9 Å². The van der Waals surface area contributed by atoms with Crippen molar-refractivity contribution in [2.75, 3.05) is 19.6 Å². The van der Waals surface area contributed by atoms with Gasteiger partial charge in [0.15, 0.2) is 0 Å². The lowest BCUT2D eigenvalue weighted by Crippen LogP contribution is -2.49. The molecule has 1 saturated heterocycles. The van der Waals surface area contributed by atoms with Gasteiger partial charge in [-0.15, -0.1) is 0 Å². The van der Waals surface area contributed by atoms with E-state index in [9.17, 15) is 9.59 Å². The minimum atomic E-state index is 0.0343. The Hall–Kier alpha value is -1.33. The van der Waals surface area contributed by atoms with Gasteiger partial charge in [-0.2, -0.15) is 0 Å². The first-order valence-electron chi connectivity index (χ1n) is 10.2. The second kappa shape index (κ2) is 8.78. The zero-order valence-corrected chi connectivity index (χ0v) is 17.0. The average molecular weight is 394 g/mol. The number of amides is 2. The first-order chi connectivity index (χ1) is 12.9. The molecule has 3 rings (SSSR count). The molecular weight excluding hydrogens is 362 g/mol. The summed E-state index contributed by atoms with van der Waals surface area (Å²) in [6.07, 6.45) is 12.7. The molecule has 1 saturated carbocycles. The summed E-state index contributed by atoms with van der Waals surface area (Å²) in [6.45, 7) is 3.64. The van der Waals surface area contributed by atoms with Crippen molar-refractivity contribution in [3.63, 3.8) is 0 Å². The molecule has 2 fully saturated rings. The van der Waals surface area contributed by atoms with Crippen LogP contribution >= 0.6 is 11.6 Å². The van der Waals surface area contributed by atoms with E-state index in [0.29, 0.717) is 25.6 Å². The van der Waals surface area contributed by atoms with Crippen LogP contribution in [0.1, 0.15) is 51.9 Å². The van der Waals surface area contributed by atoms with Crippen molar-refractivity contribution >= 4 is 23.4 Å². The van der Waals surface area contributed by atoms with Crippen molar-refractivity contribution in [1.29, 1.82) is 0 Å². The summed E-state index contributed by atoms with van der Waals surface area (Å²) in [4.78, 5) is 25.9. The highest BCUT2D eigenvalue weighted by atomic mass is 35.5. The summed E-state index contributed by atoms with van der Waals surface area (Å²) >= 11 is 6.25. The summed E-state index contributed by atoms with van der Waals surface area (Å²) < 4.78 is 0. The summed E-state index contributed by atoms with van der Waals surface area (Å²) in [5.74, 6) is 0.692. The van der Waals surface area contributed by atoms with E-state index in [1.165, 1.54) is 0 Å². The molecule has 1 atom stereocenters. The van der Waals surface area contributed by atoms with Gasteiger partial charge in [0, 0.05) is 37.0 Å². The maximum absolute atomic E-state index is 12.6. The fourth-order valence-corrected chi connectivity index (χ4v) is 5.14. The Labute approximate surface area is 167 Å². The molecule has 3 aliphatic rings. The highest BCUT2D eigenvalue weighted by molar-refractivity contribution is 6.29. The molecule has 150 valence electrons. The fraction of sp³-hybridized carbons (Fsp3) is 0.714. The zero-order valence-electron chi connectivity index (χ0n) is 16.3. The van der Waals surface area contributed by atoms with Gasteiger partial charge in [-0.25, -0.2) is 0 Å². The van der Waals surface area contributed by atoms with Crippen LogP contribution in [0.3, 0.4) is 0 Å². The van der Waals surface area contributed by atoms with E-state index in [0.717, 1.165) is 50.0 Å². The molecule has 2 amide bonds. The highest BCUT2D eigenvalue weighted by Crippen LogP contribution is 2.46. The first-order valence-corrected chi connectivity index (χ1v) is 10.6. The van der Waals surface area contributed by atoms with Gasteiger partial charge in [-0.05, 0) is 68.9 Å². The average Bonchev–Trinajstić information content (AvgIpc) is 2.69. The number of nitrogens with two attached hydrogens (primary N) is 1. The van der Waals surface area contributed by atoms with Gasteiger partial charge in [0.1, 0.15) is 0 Å². The van der Waals surface area contributed by atoms with Gasteiger partial charge >= 0.3 is 0 Å². The van der Waals surface area contributed by atoms with Crippen molar-refractivity contribution in [1.82, 2.24) is 10.2 Å². The van der Waals surface area contributed by atoms with Crippen molar-refractivity contribution in [3.8, 4) is 0 Å². The molecule has 0 spiro atoms. The molecule has 2 aliphatic carbocycles. The predicted octanol–water partition coefficient (Wildman–Crippen LogP) is 2.95. The molecule has 27 heavy (non-hydrogen) atoms. The maximum Gasteiger partial charge on any atom is 0.223 e. The number of allylic oxidation sites excluding steroid dienone is 4. The lowest BCUT2D eigenvalue weighted by molar-refractivity contribution is -0.134. The molecule has 0 aromatic heterocycles. The van der Waals surface area contributed by atoms with Crippen LogP contribution < -0.4 is 11.1 Å². The molecule has 1 aliphatic heterocycles. The minimum Gasteiger partial charge on any atom is -0.353 e. The van der Waals surface area contributed by atoms with Crippen LogP contribution in [0.15, 0.2) is 23.3 Å². The van der Waals surface area contributed by atoms with Crippen LogP contribution in [0.2, 0.25) is 0 Å². The SMILES string of the molecule is CC(=O)N1CCC(C(=O)N[C@H]2CC[C@](CN)(C3C=CC=C(Cl)C3)CC2)CC1. The first kappa shape index (κ1) is 20.4. The van der Waals surface area contributed by atoms with Gasteiger partial charge in [-0.3, -0.25) is 9.59 Å². The molecule has 6 heteroatoms. The Morgan fingerprint density at radius 1 is 1.26 bits per heavy atom. The van der Waals surface area contributed by atoms with Crippen molar-refractivity contribution in [3.05, 3.63) is 23.3 Å². The lowest BCUT2D eigenvalue weighted by atomic mass is 9.63. The van der Waals surface area contributed by atoms with E-state index in [2.05, 4.69) is 17.5 Å². The minimum absolute atomic E-state index is 0.0343. The zero-order chi connectivity index (χ0) is 19.4. The molecule has 3 N–H and O–H groups in total. The number of nitrogens with one attached hydrogen (secondary N) is 1. The summed E-state index contributed by atoms with van der Waals surface area (Å²) in [6, 6.07) is 0.238. The van der Waals surface area contributed by atoms with Crippen LogP contribution in [-0.4, -0.2) is 42.4 Å². The van der Waals surface area contributed by atoms with Gasteiger partial charge in [0.2, 0.25) is 11.8 Å². The lowest BCUT2D eigenvalue weighted by Gasteiger charge is -2.45. The van der Waals surface area contributed by atoms with E-state index in [1.54, 1.807) is 6.92 Å². The third-order valence-corrected chi connectivity index (χ3v) is 7.15. The Morgan fingerprint density at radius 3 is 2.48 bits per heavy atom. The number of likely N-dealkylation sites (tertiary alicyclic amines) is 1. The maximum atomic E-state index is 12.6. The van der Waals surface area contributed by atoms with E-state index in [4.69, 9.17) is 17.3 Å². The molecular formula is C21H32ClN3O2. The predicted molar refractivity (Wildman–Crippen MR) is 108 cm³/mol. The molecule has 0 aromatic rings. The van der Waals surface area contributed by atoms with E-state index in [-0.39, 0.29) is 29.2 Å². The van der Waals surface area contributed by atoms with Crippen LogP contribution in [-0.2, 0) is 9.59 Å². The Kier molecular flexibility index (Phi) is 6.64. The molecule has 1 heterocycles. The number of hydrogen-bond acceptors (Lipinski definition) is 3. The monoisotopic (exact) mass is 393 g/mol. The second-order valence-electron chi connectivity index (χ2n) is 8.44. The van der Waals surface area contributed by atoms with Crippen LogP contribution in [0.4, 0.5) is 0 Å². The van der Waals surface area contributed by atoms with E-state index >= 15 is 0 Å². The van der Waals surface area contributed by atoms with Gasteiger partial charge in [0.25, 0.3) is 0 Å². The van der Waals surface area contributed by atoms with E-state index in [1.807, 2.05) is 11.0 Å². The Morgan fingerprint density at radius 2 is 1.93 bits per heavy atom. The number of hydrogen-bond donors (Lipinski definition) is 2. The van der Waals surface area contributed by atoms with Gasteiger partial charge < -0.3 is 16.0 Å². The van der Waals surface area contributed by atoms with Gasteiger partial charge in [0.05, 0.1) is 0 Å². The summed E-state index contributed by atoms with van der Waals surface area (Å²) in [7, 11) is 0. The third-order valence-electron chi connectivity index (χ3n) is 6.87. The van der Waals surface area contributed by atoms with Crippen LogP contribution in [0.25, 0.3) is 0 Å². The highest BCUT2D eigenvalue weighted by Gasteiger charge is 2.41. The van der Waals surface area contributed by atoms with Gasteiger partial charge in [-0.1, -0.05) is 23.8 Å². The fourth-order valence-electron chi connectivity index (χ4n) is 4.90. The number of halogens is 1. The van der Waals surface area contributed by atoms with Crippen LogP contribution in [0, 0.1) is 17.3 Å². The molecule has 0 radical (unpaired) electrons. The molecule has 5 nitrogen and oxygen atoms in total. The standard InChI is InChI=1S/C21H32ClN3O2/c1-15(26)25-11-7-16(8-12-25)20(27)24-19-5-9-21(14-23,10-6-19)17-3-2-4-18(22)13-17/h2-4,16-17,19H,5-14,23H2,1H3,(H,24,27)/t17?,19-,21-. The molecule has 0 bridgehead atoms. The Balaban J connectivity index is 1.49. The Bertz CT molecular complexity index is 615. The largest absolute Gasteiger partial charge is 0.353 e. The number of nitrogens with zero attached hydrogens (tertiary/aromatic N) is 1. The number of piperidine rings is 1. The molecule has 1 unspecified atom stereocenters. The number of carbonyl (C=O) groups excluding carboxylic acids is 2. The summed E-state index contributed by atoms with van der Waals surface area (Å²) in [5, 5.41) is 4.17. The third kappa shape index (κ3) is 4.75. The smallest absolute Gasteiger partial charge is 0.223 e. The number of rotatable bonds is 4. The quantitative estimate of drug-likeness (QED) is 0.771. The van der Waals surface area contributed by atoms with Crippen molar-refractivity contribution < 1.29 is 9.59 Å². The normalized spacial score (nSPS) is 32.1.